The second kappa shape index (κ2) is 10.4. The van der Waals surface area contributed by atoms with Crippen molar-refractivity contribution in [3.8, 4) is 5.75 Å². The van der Waals surface area contributed by atoms with E-state index in [9.17, 15) is 40.1 Å². The Hall–Kier alpha value is -2.88. The van der Waals surface area contributed by atoms with E-state index in [1.54, 1.807) is 0 Å². The highest BCUT2D eigenvalue weighted by Crippen LogP contribution is 2.34. The first kappa shape index (κ1) is 26.2. The number of nitro groups is 1. The maximum atomic E-state index is 11.9. The standard InChI is InChI=1S/C17H22N2O11.H3N/c1-8(21)18-13-11(22)6-17(16(25)26,30-15(13)14(24)12(23)7-20)29-10-4-2-9(3-5-10)19(27)28;/h2-5,11-15,20,22-24H,6-7H2,1H3,(H,18,21)(H,25,26);1H3/t11?,12-,13?,14-,15?,17?;/m0./s1. The number of carboxylic acid groups (broad SMARTS) is 1. The predicted molar refractivity (Wildman–Crippen MR) is 99.6 cm³/mol. The van der Waals surface area contributed by atoms with Crippen LogP contribution in [0.2, 0.25) is 0 Å². The first-order chi connectivity index (χ1) is 14.0. The summed E-state index contributed by atoms with van der Waals surface area (Å²) in [6, 6.07) is 2.91. The lowest BCUT2D eigenvalue weighted by atomic mass is 9.88. The van der Waals surface area contributed by atoms with Crippen molar-refractivity contribution in [3.05, 3.63) is 34.4 Å². The van der Waals surface area contributed by atoms with Gasteiger partial charge in [-0.1, -0.05) is 0 Å². The van der Waals surface area contributed by atoms with Gasteiger partial charge in [-0.15, -0.1) is 0 Å². The fourth-order valence-corrected chi connectivity index (χ4v) is 3.05. The van der Waals surface area contributed by atoms with Crippen LogP contribution in [0.15, 0.2) is 24.3 Å². The van der Waals surface area contributed by atoms with E-state index in [4.69, 9.17) is 14.6 Å². The van der Waals surface area contributed by atoms with Crippen LogP contribution >= 0.6 is 0 Å². The molecule has 0 aliphatic carbocycles. The normalized spacial score (nSPS) is 27.3. The topological polar surface area (TPSA) is 248 Å². The maximum absolute atomic E-state index is 11.9. The third-order valence-electron chi connectivity index (χ3n) is 4.50. The Labute approximate surface area is 175 Å². The smallest absolute Gasteiger partial charge is 0.269 e. The van der Waals surface area contributed by atoms with Gasteiger partial charge >= 0.3 is 0 Å². The highest BCUT2D eigenvalue weighted by molar-refractivity contribution is 5.75. The Kier molecular flexibility index (Phi) is 8.80. The molecule has 0 bridgehead atoms. The number of rotatable bonds is 8. The van der Waals surface area contributed by atoms with Crippen LogP contribution in [0.25, 0.3) is 0 Å². The van der Waals surface area contributed by atoms with E-state index in [1.165, 1.54) is 0 Å². The molecule has 31 heavy (non-hydrogen) atoms. The largest absolute Gasteiger partial charge is 0.543 e. The molecule has 9 N–H and O–H groups in total. The number of aliphatic hydroxyl groups is 4. The van der Waals surface area contributed by atoms with Gasteiger partial charge in [0.2, 0.25) is 5.91 Å². The fraction of sp³-hybridized carbons (Fsp3) is 0.529. The number of carbonyl (C=O) groups excluding carboxylic acids is 2. The molecule has 0 spiro atoms. The van der Waals surface area contributed by atoms with E-state index >= 15 is 0 Å². The average molecular weight is 447 g/mol. The van der Waals surface area contributed by atoms with E-state index < -0.39 is 66.1 Å². The molecule has 14 heteroatoms. The van der Waals surface area contributed by atoms with Crippen molar-refractivity contribution in [1.29, 1.82) is 0 Å². The minimum Gasteiger partial charge on any atom is -0.543 e. The predicted octanol–water partition coefficient (Wildman–Crippen LogP) is -2.84. The summed E-state index contributed by atoms with van der Waals surface area (Å²) in [7, 11) is 0. The van der Waals surface area contributed by atoms with Gasteiger partial charge in [0.15, 0.2) is 0 Å². The number of nitro benzene ring substituents is 1. The summed E-state index contributed by atoms with van der Waals surface area (Å²) >= 11 is 0. The number of hydrogen-bond acceptors (Lipinski definition) is 11. The van der Waals surface area contributed by atoms with E-state index in [0.29, 0.717) is 0 Å². The second-order valence-electron chi connectivity index (χ2n) is 6.71. The van der Waals surface area contributed by atoms with Crippen LogP contribution in [0.5, 0.6) is 5.75 Å². The number of carbonyl (C=O) groups is 2. The lowest BCUT2D eigenvalue weighted by Gasteiger charge is -2.48. The van der Waals surface area contributed by atoms with E-state index in [-0.39, 0.29) is 17.6 Å². The summed E-state index contributed by atoms with van der Waals surface area (Å²) in [5.41, 5.74) is -0.292. The number of amides is 1. The number of benzene rings is 1. The van der Waals surface area contributed by atoms with Gasteiger partial charge in [-0.25, -0.2) is 0 Å². The van der Waals surface area contributed by atoms with E-state index in [0.717, 1.165) is 31.2 Å². The summed E-state index contributed by atoms with van der Waals surface area (Å²) in [6.07, 6.45) is -7.84. The van der Waals surface area contributed by atoms with Gasteiger partial charge < -0.3 is 51.3 Å². The van der Waals surface area contributed by atoms with Crippen LogP contribution in [-0.4, -0.2) is 80.1 Å². The average Bonchev–Trinajstić information content (AvgIpc) is 2.68. The molecule has 2 rings (SSSR count). The molecular weight excluding hydrogens is 422 g/mol. The van der Waals surface area contributed by atoms with Gasteiger partial charge in [-0.2, -0.15) is 0 Å². The molecule has 1 aromatic rings. The zero-order chi connectivity index (χ0) is 22.6. The number of hydrogen-bond donors (Lipinski definition) is 6. The van der Waals surface area contributed by atoms with Crippen molar-refractivity contribution in [2.45, 2.75) is 49.6 Å². The molecule has 0 radical (unpaired) electrons. The van der Waals surface area contributed by atoms with Crippen LogP contribution in [0.3, 0.4) is 0 Å². The lowest BCUT2D eigenvalue weighted by molar-refractivity contribution is -0.385. The molecule has 1 aromatic carbocycles. The van der Waals surface area contributed by atoms with Crippen LogP contribution in [-0.2, 0) is 14.3 Å². The molecule has 1 saturated heterocycles. The summed E-state index contributed by atoms with van der Waals surface area (Å²) in [6.45, 7) is 0.179. The zero-order valence-electron chi connectivity index (χ0n) is 16.7. The number of non-ortho nitro benzene ring substituents is 1. The van der Waals surface area contributed by atoms with E-state index in [1.807, 2.05) is 0 Å². The van der Waals surface area contributed by atoms with Crippen molar-refractivity contribution >= 4 is 17.6 Å². The Morgan fingerprint density at radius 1 is 1.35 bits per heavy atom. The van der Waals surface area contributed by atoms with Gasteiger partial charge in [0, 0.05) is 25.5 Å². The molecule has 1 aliphatic rings. The number of aliphatic hydroxyl groups excluding tert-OH is 4. The number of carboxylic acids is 1. The Balaban J connectivity index is 0.00000480. The summed E-state index contributed by atoms with van der Waals surface area (Å²) < 4.78 is 10.7. The first-order valence-corrected chi connectivity index (χ1v) is 8.75. The zero-order valence-corrected chi connectivity index (χ0v) is 16.7. The van der Waals surface area contributed by atoms with Crippen LogP contribution in [0, 0.1) is 10.1 Å². The third kappa shape index (κ3) is 5.84. The Morgan fingerprint density at radius 3 is 2.39 bits per heavy atom. The van der Waals surface area contributed by atoms with Crippen molar-refractivity contribution in [3.63, 3.8) is 0 Å². The number of aliphatic carboxylic acids is 1. The summed E-state index contributed by atoms with van der Waals surface area (Å²) in [4.78, 5) is 33.4. The van der Waals surface area contributed by atoms with Crippen LogP contribution in [0.4, 0.5) is 5.69 Å². The Bertz CT molecular complexity index is 790. The molecule has 4 unspecified atom stereocenters. The molecule has 1 heterocycles. The van der Waals surface area contributed by atoms with Gasteiger partial charge in [-0.05, 0) is 12.1 Å². The molecule has 1 amide bonds. The minimum atomic E-state index is -2.68. The molecule has 1 aliphatic heterocycles. The molecule has 0 saturated carbocycles. The molecular formula is C17H25N3O11. The number of nitrogens with zero attached hydrogens (tertiary/aromatic N) is 1. The third-order valence-corrected chi connectivity index (χ3v) is 4.50. The molecule has 6 atom stereocenters. The van der Waals surface area contributed by atoms with Crippen molar-refractivity contribution in [2.75, 3.05) is 6.61 Å². The van der Waals surface area contributed by atoms with E-state index in [2.05, 4.69) is 5.32 Å². The quantitative estimate of drug-likeness (QED) is 0.175. The van der Waals surface area contributed by atoms with Crippen molar-refractivity contribution in [1.82, 2.24) is 11.5 Å². The molecule has 0 aromatic heterocycles. The van der Waals surface area contributed by atoms with Crippen molar-refractivity contribution in [2.24, 2.45) is 0 Å². The Morgan fingerprint density at radius 2 is 1.94 bits per heavy atom. The van der Waals surface area contributed by atoms with Crippen LogP contribution < -0.4 is 21.3 Å². The van der Waals surface area contributed by atoms with Crippen molar-refractivity contribution < 1.29 is 49.5 Å². The molecule has 1 fully saturated rings. The second-order valence-corrected chi connectivity index (χ2v) is 6.71. The first-order valence-electron chi connectivity index (χ1n) is 8.75. The minimum absolute atomic E-state index is 0. The number of nitrogens with one attached hydrogen (secondary N) is 1. The fourth-order valence-electron chi connectivity index (χ4n) is 3.05. The van der Waals surface area contributed by atoms with Gasteiger partial charge in [0.1, 0.15) is 30.0 Å². The molecule has 174 valence electrons. The van der Waals surface area contributed by atoms with Gasteiger partial charge in [-0.3, -0.25) is 14.9 Å². The van der Waals surface area contributed by atoms with Crippen LogP contribution in [0.1, 0.15) is 13.3 Å². The highest BCUT2D eigenvalue weighted by atomic mass is 16.7. The maximum Gasteiger partial charge on any atom is 0.269 e. The summed E-state index contributed by atoms with van der Waals surface area (Å²) in [5.74, 6) is -5.45. The summed E-state index contributed by atoms with van der Waals surface area (Å²) in [5, 5.41) is 64.5. The van der Waals surface area contributed by atoms with Gasteiger partial charge in [0.05, 0.1) is 23.7 Å². The lowest BCUT2D eigenvalue weighted by Crippen LogP contribution is -2.70. The highest BCUT2D eigenvalue weighted by Gasteiger charge is 2.53. The number of quaternary nitrogens is 1. The van der Waals surface area contributed by atoms with Gasteiger partial charge in [0.25, 0.3) is 11.5 Å². The molecule has 14 nitrogen and oxygen atoms in total. The monoisotopic (exact) mass is 447 g/mol. The SMILES string of the molecule is CC(=O)NC1C(O)CC(Oc2ccc([N+](=O)[O-])cc2)(C(=O)[O-])OC1[C@@H](O)[C@@H](O)CO.[NH4+]. The number of ether oxygens (including phenoxy) is 2.